The largest absolute Gasteiger partial charge is 0.455 e. The van der Waals surface area contributed by atoms with E-state index >= 15 is 0 Å². The van der Waals surface area contributed by atoms with Gasteiger partial charge in [-0.15, -0.1) is 12.4 Å². The van der Waals surface area contributed by atoms with Crippen molar-refractivity contribution in [2.24, 2.45) is 21.4 Å². The van der Waals surface area contributed by atoms with Crippen molar-refractivity contribution in [3.63, 3.8) is 0 Å². The van der Waals surface area contributed by atoms with Gasteiger partial charge in [0.2, 0.25) is 43.6 Å². The highest BCUT2D eigenvalue weighted by atomic mass is 35.5. The molecule has 0 spiro atoms. The van der Waals surface area contributed by atoms with Crippen molar-refractivity contribution in [3.05, 3.63) is 180 Å². The van der Waals surface area contributed by atoms with Gasteiger partial charge in [-0.1, -0.05) is 25.5 Å². The Balaban J connectivity index is 0.000000283. The lowest BCUT2D eigenvalue weighted by Crippen LogP contribution is -2.49. The summed E-state index contributed by atoms with van der Waals surface area (Å²) in [6.45, 7) is 13.9. The van der Waals surface area contributed by atoms with E-state index in [0.717, 1.165) is 59.7 Å². The van der Waals surface area contributed by atoms with E-state index in [1.165, 1.54) is 75.6 Å². The highest BCUT2D eigenvalue weighted by molar-refractivity contribution is 7.92. The van der Waals surface area contributed by atoms with Crippen LogP contribution < -0.4 is 36.3 Å². The number of nitro benzene ring substituents is 3. The normalized spacial score (nSPS) is 17.6. The molecule has 3 amide bonds. The topological polar surface area (TPSA) is 512 Å². The summed E-state index contributed by atoms with van der Waals surface area (Å²) in [6.07, 6.45) is 0.475. The number of pyridine rings is 1. The Morgan fingerprint density at radius 2 is 1.15 bits per heavy atom. The monoisotopic (exact) mass is 1820 g/mol. The summed E-state index contributed by atoms with van der Waals surface area (Å²) in [5.41, 5.74) is 8.24. The van der Waals surface area contributed by atoms with Gasteiger partial charge in [0, 0.05) is 154 Å². The van der Waals surface area contributed by atoms with Crippen LogP contribution in [0.1, 0.15) is 60.2 Å². The maximum absolute atomic E-state index is 14.1. The molecule has 46 heteroatoms. The van der Waals surface area contributed by atoms with Gasteiger partial charge in [0.05, 0.1) is 84.9 Å². The lowest BCUT2D eigenvalue weighted by Gasteiger charge is -2.39. The van der Waals surface area contributed by atoms with Crippen molar-refractivity contribution in [1.29, 1.82) is 0 Å². The molecular weight excluding hydrogens is 1720 g/mol. The van der Waals surface area contributed by atoms with E-state index in [0.29, 0.717) is 114 Å². The molecule has 2 aromatic heterocycles. The number of nitrogens with two attached hydrogens (primary N) is 3. The Kier molecular flexibility index (Phi) is 35.0. The number of primary sulfonamides is 2. The Morgan fingerprint density at radius 3 is 1.65 bits per heavy atom. The van der Waals surface area contributed by atoms with Crippen molar-refractivity contribution < 1.29 is 110 Å². The standard InChI is InChI=1S/C50H56F3N7O9S.C14H20N4O7S.C8H16N2O3.C6H5FN2O4S.ClH/c1-32-21-35(50(51,52)53)5-8-40(32)42-25-49(2,3)13-11-34(42)28-57-15-17-58(18-16-57)36-6-9-41(46(23-36)69-37-22-33-12-14-54-48(33)56-26-37)45(61)31-70(65,66)39-7-10-43(44(24-39)60(63)64)55-27-38-29-59(19-20-68-38)47(62)30-67-4;1-24-9-14(19)17-4-5-25-10(8-17)7-16-12-3-2-11(26(15,22)23)6-13(12)18(20)21;1-12-6-8(11)10-2-3-13-7(4-9)5-10;7-5-2-1-4(14(8,12)13)3-6(5)9(10)11;/h5-10,12,14,21-24,26,38,55H,11,13,15-20,25,27-31H2,1-4H3,(H,54,56);2-3,6,10,16H,4-5,7-9H2,1H3,(H2,15,22,23);7H,2-6,9H2,1H3;1-3H,(H2,8,12,13);1H/t38-;10-;7-;;/m000../s1. The number of piperazine rings is 1. The minimum atomic E-state index is -4.44. The number of fused-ring (bicyclic) bond motifs is 1. The number of benzene rings is 5. The van der Waals surface area contributed by atoms with Gasteiger partial charge in [-0.3, -0.25) is 54.4 Å². The second kappa shape index (κ2) is 43.9. The van der Waals surface area contributed by atoms with Crippen LogP contribution in [0.25, 0.3) is 16.6 Å². The molecule has 0 unspecified atom stereocenters. The van der Waals surface area contributed by atoms with Gasteiger partial charge in [-0.05, 0) is 121 Å². The number of rotatable bonds is 28. The highest BCUT2D eigenvalue weighted by Crippen LogP contribution is 2.45. The predicted octanol–water partition coefficient (Wildman–Crippen LogP) is 7.47. The van der Waals surface area contributed by atoms with Gasteiger partial charge >= 0.3 is 11.9 Å². The molecule has 4 saturated heterocycles. The van der Waals surface area contributed by atoms with E-state index in [1.54, 1.807) is 52.1 Å². The minimum Gasteiger partial charge on any atom is -0.455 e. The average Bonchev–Trinajstić information content (AvgIpc) is 0.791. The van der Waals surface area contributed by atoms with E-state index in [4.69, 9.17) is 49.2 Å². The predicted molar refractivity (Wildman–Crippen MR) is 448 cm³/mol. The molecule has 4 fully saturated rings. The molecule has 4 aliphatic heterocycles. The maximum Gasteiger partial charge on any atom is 0.416 e. The lowest BCUT2D eigenvalue weighted by atomic mass is 9.72. The number of sulfone groups is 1. The first-order chi connectivity index (χ1) is 58.1. The smallest absolute Gasteiger partial charge is 0.416 e. The lowest BCUT2D eigenvalue weighted by molar-refractivity contribution is -0.387. The summed E-state index contributed by atoms with van der Waals surface area (Å²) in [5.74, 6) is -2.88. The number of morpholine rings is 3. The van der Waals surface area contributed by atoms with Gasteiger partial charge in [0.15, 0.2) is 15.6 Å². The SMILES string of the molecule is COCC(=O)N1CCO[C@@H](CN)C1.COCC(=O)N1CCO[C@@H](CNc2ccc(S(=O)(=O)CC(=O)c3ccc(N4CCN(CC5=C(c6ccc(C(F)(F)F)cc6C)CC(C)(C)CC5)CC4)cc3Oc3cnc4[nH]ccc4c3)cc2[N+](=O)[O-])C1.COCC(=O)N1CCO[C@@H](CNc2ccc(S(N)(=O)=O)cc2[N+](=O)[O-])C1.Cl.NS(=O)(=O)c1ccc(F)c([N+](=O)[O-])c1. The molecule has 0 bridgehead atoms. The number of aryl methyl sites for hydroxylation is 1. The molecule has 38 nitrogen and oxygen atoms in total. The number of nitro groups is 3. The van der Waals surface area contributed by atoms with Crippen LogP contribution in [0.2, 0.25) is 0 Å². The zero-order valence-corrected chi connectivity index (χ0v) is 71.7. The van der Waals surface area contributed by atoms with Crippen LogP contribution in [-0.4, -0.2) is 270 Å². The zero-order chi connectivity index (χ0) is 89.9. The number of alkyl halides is 3. The Morgan fingerprint density at radius 1 is 0.645 bits per heavy atom. The molecule has 676 valence electrons. The molecule has 124 heavy (non-hydrogen) atoms. The summed E-state index contributed by atoms with van der Waals surface area (Å²) in [6, 6.07) is 21.4. The molecule has 12 rings (SSSR count). The summed E-state index contributed by atoms with van der Waals surface area (Å²) in [7, 11) is -8.16. The number of hydrogen-bond donors (Lipinski definition) is 6. The number of nitrogens with zero attached hydrogens (tertiary/aromatic N) is 9. The first kappa shape index (κ1) is 98.9. The number of hydrogen-bond acceptors (Lipinski definition) is 29. The van der Waals surface area contributed by atoms with Gasteiger partial charge in [-0.2, -0.15) is 17.6 Å². The number of ketones is 1. The molecule has 1 aliphatic carbocycles. The third-order valence-electron chi connectivity index (χ3n) is 20.4. The Hall–Kier alpha value is -10.5. The van der Waals surface area contributed by atoms with Crippen LogP contribution in [-0.2, 0) is 78.9 Å². The van der Waals surface area contributed by atoms with E-state index < -0.39 is 107 Å². The van der Waals surface area contributed by atoms with Gasteiger partial charge < -0.3 is 74.1 Å². The molecular formula is C78H98ClF4N15O23S3. The number of Topliss-reactive ketones (excluding diaryl/α,β-unsaturated/α-hetero) is 1. The van der Waals surface area contributed by atoms with Crippen molar-refractivity contribution in [3.8, 4) is 11.5 Å². The van der Waals surface area contributed by atoms with Gasteiger partial charge in [0.1, 0.15) is 54.1 Å². The molecule has 7 aromatic rings. The van der Waals surface area contributed by atoms with Crippen LogP contribution in [0.15, 0.2) is 136 Å². The van der Waals surface area contributed by atoms with Crippen molar-refractivity contribution in [2.75, 3.05) is 174 Å². The first-order valence-corrected chi connectivity index (χ1v) is 43.1. The second-order valence-electron chi connectivity index (χ2n) is 29.9. The fraction of sp³-hybridized carbons (Fsp3) is 0.449. The van der Waals surface area contributed by atoms with Crippen LogP contribution in [0.4, 0.5) is 51.7 Å². The number of carbonyl (C=O) groups is 4. The van der Waals surface area contributed by atoms with Crippen LogP contribution in [0.5, 0.6) is 11.5 Å². The molecule has 9 N–H and O–H groups in total. The fourth-order valence-corrected chi connectivity index (χ4v) is 16.3. The number of anilines is 3. The number of sulfonamides is 2. The number of aromatic amines is 1. The number of aromatic nitrogens is 2. The molecule has 5 aromatic carbocycles. The van der Waals surface area contributed by atoms with Crippen LogP contribution in [0.3, 0.4) is 0 Å². The summed E-state index contributed by atoms with van der Waals surface area (Å²) < 4.78 is 163. The first-order valence-electron chi connectivity index (χ1n) is 38.4. The molecule has 0 radical (unpaired) electrons. The summed E-state index contributed by atoms with van der Waals surface area (Å²) in [4.78, 5) is 96.5. The molecule has 0 saturated carbocycles. The molecule has 3 atom stereocenters. The van der Waals surface area contributed by atoms with Crippen molar-refractivity contribution >= 4 is 117 Å². The van der Waals surface area contributed by atoms with Crippen molar-refractivity contribution in [1.82, 2.24) is 29.6 Å². The van der Waals surface area contributed by atoms with E-state index in [1.807, 2.05) is 6.07 Å². The van der Waals surface area contributed by atoms with Crippen LogP contribution in [0, 0.1) is 48.5 Å². The number of halogens is 5. The van der Waals surface area contributed by atoms with E-state index in [-0.39, 0.29) is 121 Å². The van der Waals surface area contributed by atoms with Gasteiger partial charge in [-0.25, -0.2) is 40.5 Å². The number of nitrogens with one attached hydrogen (secondary N) is 3. The summed E-state index contributed by atoms with van der Waals surface area (Å²) in [5, 5.41) is 49.9. The Labute approximate surface area is 717 Å². The highest BCUT2D eigenvalue weighted by Gasteiger charge is 2.36. The molecule has 5 aliphatic rings. The minimum absolute atomic E-state index is 0. The van der Waals surface area contributed by atoms with Crippen LogP contribution >= 0.6 is 12.4 Å². The number of H-pyrrole nitrogens is 1. The van der Waals surface area contributed by atoms with E-state index in [2.05, 4.69) is 44.2 Å². The number of carbonyl (C=O) groups excluding carboxylic acids is 4. The third-order valence-corrected chi connectivity index (χ3v) is 23.9. The molecule has 6 heterocycles. The average molecular weight is 1820 g/mol. The third kappa shape index (κ3) is 27.5. The maximum atomic E-state index is 14.1. The zero-order valence-electron chi connectivity index (χ0n) is 68.5. The number of allylic oxidation sites excluding steroid dienone is 1. The second-order valence-corrected chi connectivity index (χ2v) is 35.0. The van der Waals surface area contributed by atoms with E-state index in [9.17, 15) is 92.3 Å². The number of methoxy groups -OCH3 is 3. The Bertz CT molecular complexity index is 5400. The van der Waals surface area contributed by atoms with Crippen molar-refractivity contribution in [2.45, 2.75) is 79.2 Å². The fourth-order valence-electron chi connectivity index (χ4n) is 14.0. The number of amides is 3. The quantitative estimate of drug-likeness (QED) is 0.0120. The summed E-state index contributed by atoms with van der Waals surface area (Å²) >= 11 is 0. The van der Waals surface area contributed by atoms with Gasteiger partial charge in [0.25, 0.3) is 11.4 Å². The number of ether oxygens (including phenoxy) is 7.